The predicted molar refractivity (Wildman–Crippen MR) is 120 cm³/mol. The van der Waals surface area contributed by atoms with E-state index >= 15 is 0 Å². The van der Waals surface area contributed by atoms with Crippen molar-refractivity contribution >= 4 is 6.09 Å². The van der Waals surface area contributed by atoms with Crippen LogP contribution in [0.3, 0.4) is 0 Å². The van der Waals surface area contributed by atoms with E-state index in [2.05, 4.69) is 4.90 Å². The summed E-state index contributed by atoms with van der Waals surface area (Å²) in [5, 5.41) is 0. The highest BCUT2D eigenvalue weighted by Crippen LogP contribution is 2.41. The molecule has 0 radical (unpaired) electrons. The quantitative estimate of drug-likeness (QED) is 0.655. The summed E-state index contributed by atoms with van der Waals surface area (Å²) in [5.74, 6) is -1.17. The molecule has 1 atom stereocenters. The van der Waals surface area contributed by atoms with Gasteiger partial charge in [0.25, 0.3) is 0 Å². The molecule has 4 saturated heterocycles. The fourth-order valence-electron chi connectivity index (χ4n) is 5.38. The zero-order chi connectivity index (χ0) is 24.1. The zero-order valence-corrected chi connectivity index (χ0v) is 20.1. The van der Waals surface area contributed by atoms with Crippen molar-refractivity contribution in [3.8, 4) is 5.75 Å². The molecule has 0 saturated carbocycles. The van der Waals surface area contributed by atoms with Crippen LogP contribution in [0.1, 0.15) is 51.5 Å². The van der Waals surface area contributed by atoms with E-state index in [4.69, 9.17) is 18.9 Å². The first-order valence-electron chi connectivity index (χ1n) is 12.2. The van der Waals surface area contributed by atoms with Crippen molar-refractivity contribution < 1.29 is 32.5 Å². The molecule has 0 aromatic heterocycles. The van der Waals surface area contributed by atoms with Crippen LogP contribution in [0.25, 0.3) is 0 Å². The average Bonchev–Trinajstić information content (AvgIpc) is 3.17. The van der Waals surface area contributed by atoms with E-state index in [0.717, 1.165) is 37.9 Å². The maximum atomic E-state index is 14.1. The molecule has 1 amide bonds. The lowest BCUT2D eigenvalue weighted by molar-refractivity contribution is -0.109. The molecule has 188 valence electrons. The van der Waals surface area contributed by atoms with Crippen LogP contribution in [0, 0.1) is 11.6 Å². The molecule has 4 fully saturated rings. The van der Waals surface area contributed by atoms with E-state index in [1.807, 2.05) is 20.8 Å². The number of carbonyl (C=O) groups is 1. The Kier molecular flexibility index (Phi) is 6.23. The smallest absolute Gasteiger partial charge is 0.410 e. The number of nitrogens with zero attached hydrogens (tertiary/aromatic N) is 2. The molecule has 5 rings (SSSR count). The van der Waals surface area contributed by atoms with E-state index < -0.39 is 17.2 Å². The summed E-state index contributed by atoms with van der Waals surface area (Å²) in [4.78, 5) is 16.4. The Morgan fingerprint density at radius 1 is 1.09 bits per heavy atom. The monoisotopic (exact) mass is 480 g/mol. The summed E-state index contributed by atoms with van der Waals surface area (Å²) in [5.41, 5.74) is -0.0333. The minimum Gasteiger partial charge on any atom is -0.485 e. The third-order valence-electron chi connectivity index (χ3n) is 7.24. The van der Waals surface area contributed by atoms with Gasteiger partial charge in [-0.15, -0.1) is 0 Å². The number of amides is 1. The summed E-state index contributed by atoms with van der Waals surface area (Å²) < 4.78 is 50.6. The number of ether oxygens (including phenoxy) is 4. The molecular weight excluding hydrogens is 446 g/mol. The van der Waals surface area contributed by atoms with Crippen LogP contribution >= 0.6 is 0 Å². The van der Waals surface area contributed by atoms with E-state index in [0.29, 0.717) is 44.7 Å². The first-order valence-corrected chi connectivity index (χ1v) is 12.2. The molecule has 1 spiro atoms. The lowest BCUT2D eigenvalue weighted by atomic mass is 9.86. The average molecular weight is 481 g/mol. The predicted octanol–water partition coefficient (Wildman–Crippen LogP) is 3.70. The van der Waals surface area contributed by atoms with Crippen molar-refractivity contribution in [3.05, 3.63) is 29.3 Å². The molecular formula is C25H34F2N2O5. The molecule has 4 heterocycles. The third-order valence-corrected chi connectivity index (χ3v) is 7.24. The van der Waals surface area contributed by atoms with Crippen LogP contribution in [-0.4, -0.2) is 85.2 Å². The second-order valence-corrected chi connectivity index (χ2v) is 11.1. The van der Waals surface area contributed by atoms with E-state index in [1.54, 1.807) is 4.90 Å². The van der Waals surface area contributed by atoms with Crippen molar-refractivity contribution in [2.45, 2.75) is 69.3 Å². The molecule has 0 N–H and O–H groups in total. The van der Waals surface area contributed by atoms with Gasteiger partial charge in [-0.3, -0.25) is 4.90 Å². The summed E-state index contributed by atoms with van der Waals surface area (Å²) in [6.45, 7) is 10.0. The van der Waals surface area contributed by atoms with Gasteiger partial charge in [0.05, 0.1) is 32.9 Å². The molecule has 4 aliphatic rings. The number of carbonyl (C=O) groups excluding carboxylic acids is 1. The molecule has 0 unspecified atom stereocenters. The highest BCUT2D eigenvalue weighted by atomic mass is 19.2. The van der Waals surface area contributed by atoms with Crippen molar-refractivity contribution in [3.63, 3.8) is 0 Å². The maximum Gasteiger partial charge on any atom is 0.410 e. The van der Waals surface area contributed by atoms with Crippen LogP contribution < -0.4 is 4.74 Å². The van der Waals surface area contributed by atoms with Gasteiger partial charge in [0.2, 0.25) is 0 Å². The zero-order valence-electron chi connectivity index (χ0n) is 20.1. The molecule has 34 heavy (non-hydrogen) atoms. The molecule has 1 aromatic rings. The molecule has 7 nitrogen and oxygen atoms in total. The Morgan fingerprint density at radius 3 is 2.38 bits per heavy atom. The van der Waals surface area contributed by atoms with Gasteiger partial charge >= 0.3 is 6.09 Å². The molecule has 0 aliphatic carbocycles. The van der Waals surface area contributed by atoms with Gasteiger partial charge in [-0.1, -0.05) is 0 Å². The SMILES string of the molecule is CC(C)(C)OC(=O)N1CC2(C[C@H](N3CCC(c4cc(F)c(F)cc4OC4COC4)CC3)CO2)C1. The maximum absolute atomic E-state index is 14.1. The normalized spacial score (nSPS) is 25.8. The van der Waals surface area contributed by atoms with Gasteiger partial charge in [-0.25, -0.2) is 13.6 Å². The number of halogens is 2. The largest absolute Gasteiger partial charge is 0.485 e. The number of rotatable bonds is 4. The summed E-state index contributed by atoms with van der Waals surface area (Å²) in [6, 6.07) is 2.78. The molecule has 9 heteroatoms. The van der Waals surface area contributed by atoms with Gasteiger partial charge in [0.1, 0.15) is 23.1 Å². The van der Waals surface area contributed by atoms with E-state index in [9.17, 15) is 13.6 Å². The Morgan fingerprint density at radius 2 is 1.76 bits per heavy atom. The van der Waals surface area contributed by atoms with Crippen molar-refractivity contribution in [2.75, 3.05) is 46.0 Å². The van der Waals surface area contributed by atoms with Gasteiger partial charge in [0.15, 0.2) is 11.6 Å². The number of benzene rings is 1. The van der Waals surface area contributed by atoms with E-state index in [-0.39, 0.29) is 23.7 Å². The highest BCUT2D eigenvalue weighted by Gasteiger charge is 2.53. The second kappa shape index (κ2) is 8.91. The van der Waals surface area contributed by atoms with Crippen LogP contribution in [-0.2, 0) is 14.2 Å². The van der Waals surface area contributed by atoms with Crippen LogP contribution in [0.4, 0.5) is 13.6 Å². The standard InChI is InChI=1S/C25H34F2N2O5/c1-24(2,3)34-23(30)29-14-25(15-29)10-17(11-32-25)28-6-4-16(5-7-28)19-8-20(26)21(27)9-22(19)33-18-12-31-13-18/h8-9,16-18H,4-7,10-15H2,1-3H3/t17-/m0/s1. The lowest BCUT2D eigenvalue weighted by Gasteiger charge is -2.47. The Balaban J connectivity index is 1.15. The number of hydrogen-bond acceptors (Lipinski definition) is 6. The summed E-state index contributed by atoms with van der Waals surface area (Å²) in [7, 11) is 0. The van der Waals surface area contributed by atoms with Crippen molar-refractivity contribution in [1.82, 2.24) is 9.80 Å². The number of hydrogen-bond donors (Lipinski definition) is 0. The molecule has 4 aliphatic heterocycles. The third kappa shape index (κ3) is 4.88. The van der Waals surface area contributed by atoms with E-state index in [1.165, 1.54) is 12.1 Å². The van der Waals surface area contributed by atoms with Gasteiger partial charge in [-0.05, 0) is 65.1 Å². The fraction of sp³-hybridized carbons (Fsp3) is 0.720. The topological polar surface area (TPSA) is 60.5 Å². The molecule has 0 bridgehead atoms. The second-order valence-electron chi connectivity index (χ2n) is 11.1. The van der Waals surface area contributed by atoms with Crippen LogP contribution in [0.5, 0.6) is 5.75 Å². The minimum atomic E-state index is -0.884. The highest BCUT2D eigenvalue weighted by molar-refractivity contribution is 5.69. The number of likely N-dealkylation sites (tertiary alicyclic amines) is 2. The van der Waals surface area contributed by atoms with Gasteiger partial charge < -0.3 is 23.8 Å². The Bertz CT molecular complexity index is 919. The first kappa shape index (κ1) is 23.8. The first-order chi connectivity index (χ1) is 16.1. The summed E-state index contributed by atoms with van der Waals surface area (Å²) >= 11 is 0. The summed E-state index contributed by atoms with van der Waals surface area (Å²) in [6.07, 6.45) is 2.19. The van der Waals surface area contributed by atoms with Crippen molar-refractivity contribution in [2.24, 2.45) is 0 Å². The Hall–Kier alpha value is -1.97. The fourth-order valence-corrected chi connectivity index (χ4v) is 5.38. The van der Waals surface area contributed by atoms with Crippen LogP contribution in [0.2, 0.25) is 0 Å². The van der Waals surface area contributed by atoms with Crippen LogP contribution in [0.15, 0.2) is 12.1 Å². The van der Waals surface area contributed by atoms with Crippen molar-refractivity contribution in [1.29, 1.82) is 0 Å². The van der Waals surface area contributed by atoms with Gasteiger partial charge in [0, 0.05) is 17.7 Å². The Labute approximate surface area is 199 Å². The van der Waals surface area contributed by atoms with Gasteiger partial charge in [-0.2, -0.15) is 0 Å². The number of piperidine rings is 1. The molecule has 1 aromatic carbocycles. The minimum absolute atomic E-state index is 0.0988. The lowest BCUT2D eigenvalue weighted by Crippen LogP contribution is -2.64.